The van der Waals surface area contributed by atoms with Crippen LogP contribution in [0.4, 0.5) is 11.4 Å². The zero-order valence-corrected chi connectivity index (χ0v) is 16.8. The third-order valence-electron chi connectivity index (χ3n) is 5.62. The Morgan fingerprint density at radius 2 is 1.74 bits per heavy atom. The second-order valence-corrected chi connectivity index (χ2v) is 9.70. The molecule has 0 aromatic heterocycles. The Morgan fingerprint density at radius 1 is 1.11 bits per heavy atom. The van der Waals surface area contributed by atoms with Crippen LogP contribution in [-0.4, -0.2) is 82.3 Å². The van der Waals surface area contributed by atoms with E-state index in [1.165, 1.54) is 12.1 Å². The van der Waals surface area contributed by atoms with E-state index in [-0.39, 0.29) is 10.6 Å². The van der Waals surface area contributed by atoms with Crippen molar-refractivity contribution in [2.75, 3.05) is 64.0 Å². The SMILES string of the molecule is CN1CCN(CC2CCN(c3ccc([N+](=O)[O-])cc3S(C)(=O)=O)CC2)CC1. The van der Waals surface area contributed by atoms with Crippen molar-refractivity contribution in [2.45, 2.75) is 17.7 Å². The highest BCUT2D eigenvalue weighted by atomic mass is 32.2. The number of benzene rings is 1. The number of non-ortho nitro benzene ring substituents is 1. The molecule has 0 bridgehead atoms. The molecular weight excluding hydrogens is 368 g/mol. The fourth-order valence-electron chi connectivity index (χ4n) is 3.93. The quantitative estimate of drug-likeness (QED) is 0.550. The average molecular weight is 397 g/mol. The number of anilines is 1. The summed E-state index contributed by atoms with van der Waals surface area (Å²) in [5, 5.41) is 11.0. The summed E-state index contributed by atoms with van der Waals surface area (Å²) in [5.74, 6) is 0.615. The first-order chi connectivity index (χ1) is 12.7. The molecule has 0 radical (unpaired) electrons. The van der Waals surface area contributed by atoms with E-state index in [1.807, 2.05) is 0 Å². The number of sulfone groups is 1. The molecule has 9 heteroatoms. The first kappa shape index (κ1) is 20.0. The van der Waals surface area contributed by atoms with Gasteiger partial charge in [-0.05, 0) is 31.9 Å². The predicted molar refractivity (Wildman–Crippen MR) is 105 cm³/mol. The van der Waals surface area contributed by atoms with Crippen LogP contribution in [0.2, 0.25) is 0 Å². The van der Waals surface area contributed by atoms with Crippen molar-refractivity contribution >= 4 is 21.2 Å². The normalized spacial score (nSPS) is 20.7. The van der Waals surface area contributed by atoms with Gasteiger partial charge in [-0.15, -0.1) is 0 Å². The Hall–Kier alpha value is -1.71. The third-order valence-corrected chi connectivity index (χ3v) is 6.75. The maximum absolute atomic E-state index is 12.2. The summed E-state index contributed by atoms with van der Waals surface area (Å²) in [5.41, 5.74) is 0.394. The smallest absolute Gasteiger partial charge is 0.270 e. The fourth-order valence-corrected chi connectivity index (χ4v) is 4.84. The fraction of sp³-hybridized carbons (Fsp3) is 0.667. The number of nitro groups is 1. The summed E-state index contributed by atoms with van der Waals surface area (Å²) in [4.78, 5) is 17.4. The molecule has 0 saturated carbocycles. The van der Waals surface area contributed by atoms with Crippen LogP contribution in [0.5, 0.6) is 0 Å². The number of piperidine rings is 1. The van der Waals surface area contributed by atoms with Gasteiger partial charge < -0.3 is 14.7 Å². The predicted octanol–water partition coefficient (Wildman–Crippen LogP) is 1.46. The van der Waals surface area contributed by atoms with Crippen LogP contribution < -0.4 is 4.90 Å². The summed E-state index contributed by atoms with van der Waals surface area (Å²) >= 11 is 0. The van der Waals surface area contributed by atoms with Gasteiger partial charge in [-0.25, -0.2) is 8.42 Å². The highest BCUT2D eigenvalue weighted by molar-refractivity contribution is 7.90. The van der Waals surface area contributed by atoms with Gasteiger partial charge in [-0.2, -0.15) is 0 Å². The molecule has 2 saturated heterocycles. The Balaban J connectivity index is 1.66. The molecule has 0 aliphatic carbocycles. The van der Waals surface area contributed by atoms with Gasteiger partial charge in [0.25, 0.3) is 5.69 Å². The lowest BCUT2D eigenvalue weighted by Crippen LogP contribution is -2.47. The third kappa shape index (κ3) is 4.97. The largest absolute Gasteiger partial charge is 0.370 e. The van der Waals surface area contributed by atoms with Gasteiger partial charge in [-0.3, -0.25) is 10.1 Å². The molecule has 0 spiro atoms. The standard InChI is InChI=1S/C18H28N4O4S/c1-19-9-11-20(12-10-19)14-15-5-7-21(8-6-15)17-4-3-16(22(23)24)13-18(17)27(2,25)26/h3-4,13,15H,5-12,14H2,1-2H3. The molecule has 1 aromatic carbocycles. The van der Waals surface area contributed by atoms with Gasteiger partial charge in [-0.1, -0.05) is 0 Å². The van der Waals surface area contributed by atoms with Crippen molar-refractivity contribution < 1.29 is 13.3 Å². The summed E-state index contributed by atoms with van der Waals surface area (Å²) in [6, 6.07) is 4.15. The van der Waals surface area contributed by atoms with E-state index in [0.29, 0.717) is 11.6 Å². The number of nitrogens with zero attached hydrogens (tertiary/aromatic N) is 4. The van der Waals surface area contributed by atoms with Crippen LogP contribution in [0, 0.1) is 16.0 Å². The van der Waals surface area contributed by atoms with E-state index in [2.05, 4.69) is 21.7 Å². The lowest BCUT2D eigenvalue weighted by atomic mass is 9.95. The first-order valence-electron chi connectivity index (χ1n) is 9.38. The van der Waals surface area contributed by atoms with Crippen molar-refractivity contribution in [2.24, 2.45) is 5.92 Å². The minimum absolute atomic E-state index is 0.0502. The second-order valence-electron chi connectivity index (χ2n) is 7.72. The molecule has 150 valence electrons. The lowest BCUT2D eigenvalue weighted by Gasteiger charge is -2.38. The first-order valence-corrected chi connectivity index (χ1v) is 11.3. The number of likely N-dealkylation sites (N-methyl/N-ethyl adjacent to an activating group) is 1. The minimum Gasteiger partial charge on any atom is -0.370 e. The molecule has 1 aromatic rings. The summed E-state index contributed by atoms with van der Waals surface area (Å²) < 4.78 is 24.3. The van der Waals surface area contributed by atoms with E-state index >= 15 is 0 Å². The van der Waals surface area contributed by atoms with Crippen LogP contribution in [-0.2, 0) is 9.84 Å². The lowest BCUT2D eigenvalue weighted by molar-refractivity contribution is -0.385. The summed E-state index contributed by atoms with van der Waals surface area (Å²) in [7, 11) is -1.39. The molecule has 0 N–H and O–H groups in total. The maximum Gasteiger partial charge on any atom is 0.270 e. The molecular formula is C18H28N4O4S. The van der Waals surface area contributed by atoms with Crippen molar-refractivity contribution in [3.63, 3.8) is 0 Å². The Bertz CT molecular complexity index is 783. The molecule has 8 nitrogen and oxygen atoms in total. The van der Waals surface area contributed by atoms with E-state index < -0.39 is 14.8 Å². The zero-order valence-electron chi connectivity index (χ0n) is 16.0. The topological polar surface area (TPSA) is 87.0 Å². The molecule has 0 unspecified atom stereocenters. The van der Waals surface area contributed by atoms with Crippen molar-refractivity contribution in [1.82, 2.24) is 9.80 Å². The Kier molecular flexibility index (Phi) is 6.02. The maximum atomic E-state index is 12.2. The van der Waals surface area contributed by atoms with Crippen LogP contribution in [0.25, 0.3) is 0 Å². The number of nitro benzene ring substituents is 1. The summed E-state index contributed by atoms with van der Waals surface area (Å²) in [6.07, 6.45) is 3.12. The van der Waals surface area contributed by atoms with Gasteiger partial charge in [0.05, 0.1) is 15.5 Å². The second kappa shape index (κ2) is 8.12. The highest BCUT2D eigenvalue weighted by Crippen LogP contribution is 2.32. The summed E-state index contributed by atoms with van der Waals surface area (Å²) in [6.45, 7) is 7.09. The number of piperazine rings is 1. The van der Waals surface area contributed by atoms with Crippen LogP contribution in [0.1, 0.15) is 12.8 Å². The number of hydrogen-bond donors (Lipinski definition) is 0. The Labute approximate surface area is 160 Å². The molecule has 0 amide bonds. The van der Waals surface area contributed by atoms with Gasteiger partial charge in [0.1, 0.15) is 0 Å². The van der Waals surface area contributed by atoms with Crippen molar-refractivity contribution in [1.29, 1.82) is 0 Å². The van der Waals surface area contributed by atoms with Crippen LogP contribution in [0.3, 0.4) is 0 Å². The Morgan fingerprint density at radius 3 is 2.30 bits per heavy atom. The van der Waals surface area contributed by atoms with E-state index in [1.54, 1.807) is 6.07 Å². The van der Waals surface area contributed by atoms with E-state index in [9.17, 15) is 18.5 Å². The molecule has 2 aliphatic rings. The number of rotatable bonds is 5. The van der Waals surface area contributed by atoms with E-state index in [0.717, 1.165) is 64.9 Å². The van der Waals surface area contributed by atoms with Crippen molar-refractivity contribution in [3.05, 3.63) is 28.3 Å². The van der Waals surface area contributed by atoms with Gasteiger partial charge in [0, 0.05) is 64.2 Å². The highest BCUT2D eigenvalue weighted by Gasteiger charge is 2.27. The van der Waals surface area contributed by atoms with Gasteiger partial charge in [0.15, 0.2) is 9.84 Å². The molecule has 2 heterocycles. The monoisotopic (exact) mass is 396 g/mol. The number of hydrogen-bond acceptors (Lipinski definition) is 7. The average Bonchev–Trinajstić information content (AvgIpc) is 2.63. The zero-order chi connectivity index (χ0) is 19.6. The molecule has 27 heavy (non-hydrogen) atoms. The molecule has 3 rings (SSSR count). The molecule has 2 aliphatic heterocycles. The molecule has 2 fully saturated rings. The van der Waals surface area contributed by atoms with Gasteiger partial charge in [0.2, 0.25) is 0 Å². The minimum atomic E-state index is -3.54. The molecule has 0 atom stereocenters. The van der Waals surface area contributed by atoms with Crippen molar-refractivity contribution in [3.8, 4) is 0 Å². The van der Waals surface area contributed by atoms with Gasteiger partial charge >= 0.3 is 0 Å². The van der Waals surface area contributed by atoms with Crippen LogP contribution >= 0.6 is 0 Å². The van der Waals surface area contributed by atoms with E-state index in [4.69, 9.17) is 0 Å². The van der Waals surface area contributed by atoms with Crippen LogP contribution in [0.15, 0.2) is 23.1 Å².